The first-order valence-corrected chi connectivity index (χ1v) is 6.27. The van der Waals surface area contributed by atoms with Crippen molar-refractivity contribution in [2.45, 2.75) is 19.8 Å². The Morgan fingerprint density at radius 2 is 1.95 bits per heavy atom. The van der Waals surface area contributed by atoms with Crippen molar-refractivity contribution < 1.29 is 9.13 Å². The maximum Gasteiger partial charge on any atom is 0.165 e. The van der Waals surface area contributed by atoms with Gasteiger partial charge in [0.25, 0.3) is 0 Å². The summed E-state index contributed by atoms with van der Waals surface area (Å²) in [5.74, 6) is 0.445. The molecule has 1 aromatic heterocycles. The van der Waals surface area contributed by atoms with Crippen LogP contribution in [-0.4, -0.2) is 17.1 Å². The van der Waals surface area contributed by atoms with Gasteiger partial charge in [0.1, 0.15) is 5.15 Å². The van der Waals surface area contributed by atoms with Gasteiger partial charge in [-0.3, -0.25) is 0 Å². The highest BCUT2D eigenvalue weighted by molar-refractivity contribution is 6.29. The molecule has 0 spiro atoms. The molecule has 0 saturated heterocycles. The van der Waals surface area contributed by atoms with Crippen molar-refractivity contribution in [3.63, 3.8) is 0 Å². The molecule has 0 aliphatic carbocycles. The molecule has 0 aliphatic rings. The molecule has 2 aromatic rings. The largest absolute Gasteiger partial charge is 0.494 e. The van der Waals surface area contributed by atoms with Crippen molar-refractivity contribution in [2.75, 3.05) is 7.11 Å². The predicted molar refractivity (Wildman–Crippen MR) is 73.1 cm³/mol. The van der Waals surface area contributed by atoms with Gasteiger partial charge in [-0.15, -0.1) is 0 Å². The van der Waals surface area contributed by atoms with Crippen molar-refractivity contribution in [3.05, 3.63) is 40.9 Å². The molecule has 100 valence electrons. The van der Waals surface area contributed by atoms with Crippen molar-refractivity contribution >= 4 is 11.6 Å². The number of nitrogens with zero attached hydrogens (tertiary/aromatic N) is 2. The first-order valence-electron chi connectivity index (χ1n) is 5.89. The van der Waals surface area contributed by atoms with Crippen LogP contribution in [0.25, 0.3) is 11.4 Å². The molecule has 0 amide bonds. The SMILES string of the molecule is COc1cc(-c2nc(Cl)cc(C(C)C)n2)ccc1F. The zero-order valence-corrected chi connectivity index (χ0v) is 11.7. The van der Waals surface area contributed by atoms with Crippen molar-refractivity contribution in [1.29, 1.82) is 0 Å². The molecule has 0 bridgehead atoms. The molecular formula is C14H14ClFN2O. The second-order valence-corrected chi connectivity index (χ2v) is 4.83. The number of hydrogen-bond donors (Lipinski definition) is 0. The summed E-state index contributed by atoms with van der Waals surface area (Å²) < 4.78 is 18.3. The summed E-state index contributed by atoms with van der Waals surface area (Å²) in [6, 6.07) is 6.22. The van der Waals surface area contributed by atoms with Gasteiger partial charge in [0.15, 0.2) is 17.4 Å². The Morgan fingerprint density at radius 1 is 1.21 bits per heavy atom. The highest BCUT2D eigenvalue weighted by Gasteiger charge is 2.11. The van der Waals surface area contributed by atoms with Crippen LogP contribution in [0.4, 0.5) is 4.39 Å². The smallest absolute Gasteiger partial charge is 0.165 e. The van der Waals surface area contributed by atoms with Crippen LogP contribution in [0.1, 0.15) is 25.5 Å². The zero-order chi connectivity index (χ0) is 14.0. The second-order valence-electron chi connectivity index (χ2n) is 4.44. The van der Waals surface area contributed by atoms with Crippen molar-refractivity contribution in [3.8, 4) is 17.1 Å². The number of hydrogen-bond acceptors (Lipinski definition) is 3. The molecule has 2 rings (SSSR count). The van der Waals surface area contributed by atoms with Crippen LogP contribution in [0.15, 0.2) is 24.3 Å². The minimum Gasteiger partial charge on any atom is -0.494 e. The van der Waals surface area contributed by atoms with Crippen LogP contribution < -0.4 is 4.74 Å². The van der Waals surface area contributed by atoms with E-state index < -0.39 is 5.82 Å². The highest BCUT2D eigenvalue weighted by Crippen LogP contribution is 2.26. The van der Waals surface area contributed by atoms with Crippen LogP contribution in [-0.2, 0) is 0 Å². The predicted octanol–water partition coefficient (Wildman–Crippen LogP) is 4.07. The first-order chi connectivity index (χ1) is 9.01. The Kier molecular flexibility index (Phi) is 4.00. The summed E-state index contributed by atoms with van der Waals surface area (Å²) in [5.41, 5.74) is 1.51. The van der Waals surface area contributed by atoms with E-state index in [9.17, 15) is 4.39 Å². The van der Waals surface area contributed by atoms with Crippen LogP contribution in [0.5, 0.6) is 5.75 Å². The Labute approximate surface area is 116 Å². The first kappa shape index (κ1) is 13.7. The van der Waals surface area contributed by atoms with Crippen LogP contribution in [0.2, 0.25) is 5.15 Å². The molecule has 0 radical (unpaired) electrons. The fourth-order valence-corrected chi connectivity index (χ4v) is 1.85. The maximum absolute atomic E-state index is 13.4. The number of benzene rings is 1. The third kappa shape index (κ3) is 3.01. The highest BCUT2D eigenvalue weighted by atomic mass is 35.5. The monoisotopic (exact) mass is 280 g/mol. The number of aromatic nitrogens is 2. The van der Waals surface area contributed by atoms with Gasteiger partial charge in [-0.2, -0.15) is 0 Å². The van der Waals surface area contributed by atoms with E-state index in [2.05, 4.69) is 9.97 Å². The zero-order valence-electron chi connectivity index (χ0n) is 10.9. The van der Waals surface area contributed by atoms with Gasteiger partial charge in [-0.1, -0.05) is 25.4 Å². The molecular weight excluding hydrogens is 267 g/mol. The van der Waals surface area contributed by atoms with E-state index in [1.165, 1.54) is 13.2 Å². The van der Waals surface area contributed by atoms with Crippen LogP contribution in [0.3, 0.4) is 0 Å². The average molecular weight is 281 g/mol. The lowest BCUT2D eigenvalue weighted by molar-refractivity contribution is 0.386. The van der Waals surface area contributed by atoms with Gasteiger partial charge < -0.3 is 4.74 Å². The summed E-state index contributed by atoms with van der Waals surface area (Å²) in [5, 5.41) is 0.372. The summed E-state index contributed by atoms with van der Waals surface area (Å²) in [4.78, 5) is 8.60. The van der Waals surface area contributed by atoms with Crippen LogP contribution >= 0.6 is 11.6 Å². The second kappa shape index (κ2) is 5.53. The molecule has 3 nitrogen and oxygen atoms in total. The third-order valence-electron chi connectivity index (χ3n) is 2.72. The standard InChI is InChI=1S/C14H14ClFN2O/c1-8(2)11-7-13(15)18-14(17-11)9-4-5-10(16)12(6-9)19-3/h4-8H,1-3H3. The van der Waals surface area contributed by atoms with Crippen molar-refractivity contribution in [1.82, 2.24) is 9.97 Å². The van der Waals surface area contributed by atoms with Crippen LogP contribution in [0, 0.1) is 5.82 Å². The summed E-state index contributed by atoms with van der Waals surface area (Å²) in [7, 11) is 1.42. The van der Waals surface area contributed by atoms with E-state index in [4.69, 9.17) is 16.3 Å². The molecule has 0 saturated carbocycles. The van der Waals surface area contributed by atoms with Gasteiger partial charge in [-0.25, -0.2) is 14.4 Å². The molecule has 1 aromatic carbocycles. The molecule has 5 heteroatoms. The van der Waals surface area contributed by atoms with E-state index in [1.807, 2.05) is 13.8 Å². The van der Waals surface area contributed by atoms with E-state index in [0.717, 1.165) is 5.69 Å². The number of ether oxygens (including phenoxy) is 1. The quantitative estimate of drug-likeness (QED) is 0.795. The minimum absolute atomic E-state index is 0.159. The Bertz CT molecular complexity index is 602. The number of halogens is 2. The minimum atomic E-state index is -0.419. The lowest BCUT2D eigenvalue weighted by Crippen LogP contribution is -1.98. The van der Waals surface area contributed by atoms with Gasteiger partial charge in [-0.05, 0) is 30.2 Å². The normalized spacial score (nSPS) is 10.8. The Morgan fingerprint density at radius 3 is 2.58 bits per heavy atom. The van der Waals surface area contributed by atoms with E-state index in [-0.39, 0.29) is 11.7 Å². The summed E-state index contributed by atoms with van der Waals surface area (Å²) in [6.07, 6.45) is 0. The van der Waals surface area contributed by atoms with Gasteiger partial charge in [0.2, 0.25) is 0 Å². The van der Waals surface area contributed by atoms with Gasteiger partial charge in [0.05, 0.1) is 7.11 Å². The molecule has 0 fully saturated rings. The lowest BCUT2D eigenvalue weighted by atomic mass is 10.1. The molecule has 0 unspecified atom stereocenters. The topological polar surface area (TPSA) is 35.0 Å². The molecule has 1 heterocycles. The van der Waals surface area contributed by atoms with Gasteiger partial charge in [0, 0.05) is 11.3 Å². The molecule has 0 N–H and O–H groups in total. The Hall–Kier alpha value is -1.68. The fraction of sp³-hybridized carbons (Fsp3) is 0.286. The molecule has 0 atom stereocenters. The molecule has 0 aliphatic heterocycles. The van der Waals surface area contributed by atoms with E-state index >= 15 is 0 Å². The maximum atomic E-state index is 13.4. The average Bonchev–Trinajstić information content (AvgIpc) is 2.38. The van der Waals surface area contributed by atoms with Gasteiger partial charge >= 0.3 is 0 Å². The summed E-state index contributed by atoms with van der Waals surface area (Å²) >= 11 is 5.99. The Balaban J connectivity index is 2.52. The lowest BCUT2D eigenvalue weighted by Gasteiger charge is -2.09. The van der Waals surface area contributed by atoms with E-state index in [1.54, 1.807) is 18.2 Å². The van der Waals surface area contributed by atoms with Crippen molar-refractivity contribution in [2.24, 2.45) is 0 Å². The number of methoxy groups -OCH3 is 1. The third-order valence-corrected chi connectivity index (χ3v) is 2.91. The number of rotatable bonds is 3. The molecule has 19 heavy (non-hydrogen) atoms. The summed E-state index contributed by atoms with van der Waals surface area (Å²) in [6.45, 7) is 4.04. The fourth-order valence-electron chi connectivity index (χ4n) is 1.66. The van der Waals surface area contributed by atoms with E-state index in [0.29, 0.717) is 16.5 Å².